The van der Waals surface area contributed by atoms with Crippen molar-refractivity contribution in [3.05, 3.63) is 59.7 Å². The number of hydrogen-bond donors (Lipinski definition) is 1. The molecule has 110 valence electrons. The fraction of sp³-hybridized carbons (Fsp3) is 0.188. The average Bonchev–Trinajstić information content (AvgIpc) is 2.47. The van der Waals surface area contributed by atoms with Crippen molar-refractivity contribution in [2.75, 3.05) is 17.2 Å². The smallest absolute Gasteiger partial charge is 0.231 e. The Morgan fingerprint density at radius 1 is 1.14 bits per heavy atom. The maximum atomic E-state index is 13.6. The molecule has 2 rings (SSSR count). The third kappa shape index (κ3) is 3.37. The molecule has 0 bridgehead atoms. The molecule has 0 unspecified atom stereocenters. The molecule has 0 heterocycles. The van der Waals surface area contributed by atoms with Gasteiger partial charge in [-0.25, -0.2) is 8.78 Å². The van der Waals surface area contributed by atoms with E-state index < -0.39 is 11.6 Å². The van der Waals surface area contributed by atoms with Gasteiger partial charge in [0.1, 0.15) is 0 Å². The van der Waals surface area contributed by atoms with E-state index in [9.17, 15) is 13.6 Å². The van der Waals surface area contributed by atoms with Crippen molar-refractivity contribution in [1.82, 2.24) is 0 Å². The van der Waals surface area contributed by atoms with E-state index in [0.717, 1.165) is 6.07 Å². The largest absolute Gasteiger partial charge is 0.399 e. The lowest BCUT2D eigenvalue weighted by Crippen LogP contribution is -2.32. The average molecular weight is 290 g/mol. The zero-order valence-electron chi connectivity index (χ0n) is 11.6. The van der Waals surface area contributed by atoms with Crippen LogP contribution in [0.25, 0.3) is 0 Å². The van der Waals surface area contributed by atoms with Gasteiger partial charge in [0.2, 0.25) is 5.91 Å². The van der Waals surface area contributed by atoms with E-state index >= 15 is 0 Å². The van der Waals surface area contributed by atoms with Crippen LogP contribution in [0.2, 0.25) is 0 Å². The first-order chi connectivity index (χ1) is 10.0. The van der Waals surface area contributed by atoms with Crippen LogP contribution in [-0.2, 0) is 11.2 Å². The summed E-state index contributed by atoms with van der Waals surface area (Å²) in [6.07, 6.45) is -0.193. The minimum Gasteiger partial charge on any atom is -0.399 e. The number of rotatable bonds is 4. The van der Waals surface area contributed by atoms with Crippen LogP contribution >= 0.6 is 0 Å². The highest BCUT2D eigenvalue weighted by Crippen LogP contribution is 2.19. The Labute approximate surface area is 122 Å². The molecule has 0 spiro atoms. The Balaban J connectivity index is 2.21. The SMILES string of the molecule is CCN(C(=O)Cc1cccc(F)c1F)c1ccc(N)cc1. The Morgan fingerprint density at radius 3 is 2.43 bits per heavy atom. The predicted octanol–water partition coefficient (Wildman–Crippen LogP) is 3.14. The van der Waals surface area contributed by atoms with Crippen molar-refractivity contribution < 1.29 is 13.6 Å². The van der Waals surface area contributed by atoms with Crippen LogP contribution in [0.15, 0.2) is 42.5 Å². The number of nitrogens with zero attached hydrogens (tertiary/aromatic N) is 1. The van der Waals surface area contributed by atoms with Gasteiger partial charge in [0, 0.05) is 23.5 Å². The molecule has 3 nitrogen and oxygen atoms in total. The minimum atomic E-state index is -0.973. The summed E-state index contributed by atoms with van der Waals surface area (Å²) >= 11 is 0. The second-order valence-corrected chi connectivity index (χ2v) is 4.62. The highest BCUT2D eigenvalue weighted by atomic mass is 19.2. The van der Waals surface area contributed by atoms with Gasteiger partial charge in [-0.05, 0) is 37.3 Å². The van der Waals surface area contributed by atoms with Crippen molar-refractivity contribution in [2.24, 2.45) is 0 Å². The third-order valence-corrected chi connectivity index (χ3v) is 3.20. The summed E-state index contributed by atoms with van der Waals surface area (Å²) in [5.41, 5.74) is 6.93. The number of nitrogens with two attached hydrogens (primary N) is 1. The highest BCUT2D eigenvalue weighted by Gasteiger charge is 2.17. The van der Waals surface area contributed by atoms with Crippen LogP contribution < -0.4 is 10.6 Å². The van der Waals surface area contributed by atoms with E-state index in [4.69, 9.17) is 5.73 Å². The molecule has 0 aliphatic heterocycles. The van der Waals surface area contributed by atoms with Gasteiger partial charge in [0.15, 0.2) is 11.6 Å². The lowest BCUT2D eigenvalue weighted by atomic mass is 10.1. The summed E-state index contributed by atoms with van der Waals surface area (Å²) in [5, 5.41) is 0. The molecule has 1 amide bonds. The van der Waals surface area contributed by atoms with Crippen LogP contribution in [0, 0.1) is 11.6 Å². The molecule has 0 radical (unpaired) electrons. The molecule has 2 aromatic carbocycles. The topological polar surface area (TPSA) is 46.3 Å². The maximum absolute atomic E-state index is 13.6. The Bertz CT molecular complexity index is 641. The van der Waals surface area contributed by atoms with Crippen molar-refractivity contribution in [3.63, 3.8) is 0 Å². The quantitative estimate of drug-likeness (QED) is 0.879. The molecule has 2 N–H and O–H groups in total. The van der Waals surface area contributed by atoms with Gasteiger partial charge in [-0.3, -0.25) is 4.79 Å². The molecule has 5 heteroatoms. The molecular formula is C16H16F2N2O. The highest BCUT2D eigenvalue weighted by molar-refractivity contribution is 5.94. The number of carbonyl (C=O) groups excluding carboxylic acids is 1. The van der Waals surface area contributed by atoms with Gasteiger partial charge in [-0.1, -0.05) is 12.1 Å². The van der Waals surface area contributed by atoms with E-state index in [0.29, 0.717) is 17.9 Å². The van der Waals surface area contributed by atoms with Gasteiger partial charge in [-0.15, -0.1) is 0 Å². The van der Waals surface area contributed by atoms with Gasteiger partial charge >= 0.3 is 0 Å². The number of anilines is 2. The molecular weight excluding hydrogens is 274 g/mol. The normalized spacial score (nSPS) is 10.4. The summed E-state index contributed by atoms with van der Waals surface area (Å²) in [7, 11) is 0. The predicted molar refractivity (Wildman–Crippen MR) is 78.9 cm³/mol. The number of halogens is 2. The second-order valence-electron chi connectivity index (χ2n) is 4.62. The first-order valence-electron chi connectivity index (χ1n) is 6.61. The van der Waals surface area contributed by atoms with Crippen molar-refractivity contribution >= 4 is 17.3 Å². The van der Waals surface area contributed by atoms with Crippen LogP contribution in [0.1, 0.15) is 12.5 Å². The number of amides is 1. The Kier molecular flexibility index (Phi) is 4.52. The molecule has 0 atom stereocenters. The van der Waals surface area contributed by atoms with E-state index in [1.165, 1.54) is 17.0 Å². The number of benzene rings is 2. The fourth-order valence-corrected chi connectivity index (χ4v) is 2.10. The van der Waals surface area contributed by atoms with Crippen LogP contribution in [-0.4, -0.2) is 12.5 Å². The maximum Gasteiger partial charge on any atom is 0.231 e. The molecule has 0 saturated heterocycles. The molecule has 2 aromatic rings. The molecule has 21 heavy (non-hydrogen) atoms. The van der Waals surface area contributed by atoms with Gasteiger partial charge in [-0.2, -0.15) is 0 Å². The zero-order chi connectivity index (χ0) is 15.4. The van der Waals surface area contributed by atoms with E-state index in [1.54, 1.807) is 24.3 Å². The molecule has 0 fully saturated rings. The van der Waals surface area contributed by atoms with E-state index in [2.05, 4.69) is 0 Å². The minimum absolute atomic E-state index is 0.0499. The van der Waals surface area contributed by atoms with Gasteiger partial charge in [0.25, 0.3) is 0 Å². The third-order valence-electron chi connectivity index (χ3n) is 3.20. The van der Waals surface area contributed by atoms with E-state index in [-0.39, 0.29) is 17.9 Å². The lowest BCUT2D eigenvalue weighted by molar-refractivity contribution is -0.118. The summed E-state index contributed by atoms with van der Waals surface area (Å²) in [4.78, 5) is 13.8. The zero-order valence-corrected chi connectivity index (χ0v) is 11.6. The Hall–Kier alpha value is -2.43. The first kappa shape index (κ1) is 15.0. The van der Waals surface area contributed by atoms with Crippen LogP contribution in [0.4, 0.5) is 20.2 Å². The molecule has 0 saturated carbocycles. The molecule has 0 aliphatic rings. The van der Waals surface area contributed by atoms with Crippen LogP contribution in [0.5, 0.6) is 0 Å². The second kappa shape index (κ2) is 6.35. The number of likely N-dealkylation sites (N-methyl/N-ethyl adjacent to an activating group) is 1. The van der Waals surface area contributed by atoms with Gasteiger partial charge in [0.05, 0.1) is 6.42 Å². The standard InChI is InChI=1S/C16H16F2N2O/c1-2-20(13-8-6-12(19)7-9-13)15(21)10-11-4-3-5-14(17)16(11)18/h3-9H,2,10,19H2,1H3. The summed E-state index contributed by atoms with van der Waals surface area (Å²) in [6, 6.07) is 10.6. The van der Waals surface area contributed by atoms with Gasteiger partial charge < -0.3 is 10.6 Å². The van der Waals surface area contributed by atoms with Crippen molar-refractivity contribution in [2.45, 2.75) is 13.3 Å². The summed E-state index contributed by atoms with van der Waals surface area (Å²) in [5.74, 6) is -2.22. The number of nitrogen functional groups attached to an aromatic ring is 1. The molecule has 0 aromatic heterocycles. The summed E-state index contributed by atoms with van der Waals surface area (Å²) in [6.45, 7) is 2.25. The lowest BCUT2D eigenvalue weighted by Gasteiger charge is -2.21. The fourth-order valence-electron chi connectivity index (χ4n) is 2.10. The number of carbonyl (C=O) groups is 1. The van der Waals surface area contributed by atoms with E-state index in [1.807, 2.05) is 6.92 Å². The summed E-state index contributed by atoms with van der Waals surface area (Å²) < 4.78 is 26.8. The monoisotopic (exact) mass is 290 g/mol. The van der Waals surface area contributed by atoms with Crippen molar-refractivity contribution in [1.29, 1.82) is 0 Å². The van der Waals surface area contributed by atoms with Crippen LogP contribution in [0.3, 0.4) is 0 Å². The first-order valence-corrected chi connectivity index (χ1v) is 6.61. The number of hydrogen-bond acceptors (Lipinski definition) is 2. The molecule has 0 aliphatic carbocycles. The Morgan fingerprint density at radius 2 is 1.81 bits per heavy atom. The van der Waals surface area contributed by atoms with Crippen molar-refractivity contribution in [3.8, 4) is 0 Å².